The van der Waals surface area contributed by atoms with Crippen molar-refractivity contribution in [1.29, 1.82) is 0 Å². The summed E-state index contributed by atoms with van der Waals surface area (Å²) in [4.78, 5) is 0. The summed E-state index contributed by atoms with van der Waals surface area (Å²) in [6, 6.07) is 11.9. The van der Waals surface area contributed by atoms with Crippen molar-refractivity contribution >= 4 is 28.3 Å². The summed E-state index contributed by atoms with van der Waals surface area (Å²) in [7, 11) is 0. The smallest absolute Gasteiger partial charge is 0.133 e. The fourth-order valence-electron chi connectivity index (χ4n) is 1.42. The number of para-hydroxylation sites is 1. The number of hydrogen-bond donors (Lipinski definition) is 1. The lowest BCUT2D eigenvalue weighted by Gasteiger charge is -2.09. The van der Waals surface area contributed by atoms with Crippen molar-refractivity contribution in [3.63, 3.8) is 0 Å². The van der Waals surface area contributed by atoms with E-state index in [1.54, 1.807) is 6.07 Å². The van der Waals surface area contributed by atoms with Gasteiger partial charge in [-0.2, -0.15) is 0 Å². The first-order chi connectivity index (χ1) is 8.16. The highest BCUT2D eigenvalue weighted by Gasteiger charge is 2.04. The molecule has 0 atom stereocenters. The number of benzene rings is 2. The highest BCUT2D eigenvalue weighted by atomic mass is 127. The second-order valence-electron chi connectivity index (χ2n) is 3.56. The average molecular weight is 343 g/mol. The predicted octanol–water partition coefficient (Wildman–Crippen LogP) is 3.59. The highest BCUT2D eigenvalue weighted by Crippen LogP contribution is 2.22. The van der Waals surface area contributed by atoms with Gasteiger partial charge < -0.3 is 10.5 Å². The van der Waals surface area contributed by atoms with E-state index in [0.717, 1.165) is 9.32 Å². The molecule has 2 aromatic rings. The predicted molar refractivity (Wildman–Crippen MR) is 74.3 cm³/mol. The van der Waals surface area contributed by atoms with Gasteiger partial charge in [0, 0.05) is 11.3 Å². The minimum absolute atomic E-state index is 0.267. The van der Waals surface area contributed by atoms with Crippen molar-refractivity contribution in [2.45, 2.75) is 6.61 Å². The molecule has 0 heterocycles. The lowest BCUT2D eigenvalue weighted by molar-refractivity contribution is 0.304. The van der Waals surface area contributed by atoms with Gasteiger partial charge in [-0.05, 0) is 52.9 Å². The maximum Gasteiger partial charge on any atom is 0.133 e. The number of rotatable bonds is 3. The molecule has 0 aromatic heterocycles. The zero-order valence-corrected chi connectivity index (χ0v) is 11.1. The normalized spacial score (nSPS) is 10.2. The Bertz CT molecular complexity index is 531. The van der Waals surface area contributed by atoms with Crippen LogP contribution in [-0.2, 0) is 6.61 Å². The Morgan fingerprint density at radius 3 is 2.71 bits per heavy atom. The molecule has 88 valence electrons. The summed E-state index contributed by atoms with van der Waals surface area (Å²) >= 11 is 2.19. The molecule has 0 aliphatic rings. The number of halogens is 2. The first-order valence-electron chi connectivity index (χ1n) is 5.08. The quantitative estimate of drug-likeness (QED) is 0.683. The fourth-order valence-corrected chi connectivity index (χ4v) is 1.96. The number of ether oxygens (including phenoxy) is 1. The SMILES string of the molecule is Nc1ccc(F)cc1COc1ccccc1I. The summed E-state index contributed by atoms with van der Waals surface area (Å²) in [5.74, 6) is 0.470. The van der Waals surface area contributed by atoms with E-state index in [9.17, 15) is 4.39 Å². The Hall–Kier alpha value is -1.30. The van der Waals surface area contributed by atoms with Gasteiger partial charge in [0.15, 0.2) is 0 Å². The lowest BCUT2D eigenvalue weighted by atomic mass is 10.2. The van der Waals surface area contributed by atoms with Gasteiger partial charge in [-0.15, -0.1) is 0 Å². The Balaban J connectivity index is 2.12. The number of nitrogen functional groups attached to an aromatic ring is 1. The van der Waals surface area contributed by atoms with E-state index in [-0.39, 0.29) is 12.4 Å². The zero-order chi connectivity index (χ0) is 12.3. The van der Waals surface area contributed by atoms with Crippen LogP contribution in [0.5, 0.6) is 5.75 Å². The van der Waals surface area contributed by atoms with E-state index >= 15 is 0 Å². The Morgan fingerprint density at radius 2 is 1.94 bits per heavy atom. The molecule has 2 nitrogen and oxygen atoms in total. The van der Waals surface area contributed by atoms with E-state index in [2.05, 4.69) is 22.6 Å². The van der Waals surface area contributed by atoms with E-state index in [1.165, 1.54) is 12.1 Å². The molecule has 0 fully saturated rings. The molecule has 0 spiro atoms. The van der Waals surface area contributed by atoms with Gasteiger partial charge in [0.25, 0.3) is 0 Å². The van der Waals surface area contributed by atoms with Crippen molar-refractivity contribution in [1.82, 2.24) is 0 Å². The van der Waals surface area contributed by atoms with Crippen molar-refractivity contribution in [2.75, 3.05) is 5.73 Å². The van der Waals surface area contributed by atoms with E-state index in [1.807, 2.05) is 24.3 Å². The summed E-state index contributed by atoms with van der Waals surface area (Å²) in [6.45, 7) is 0.267. The summed E-state index contributed by atoms with van der Waals surface area (Å²) in [5.41, 5.74) is 6.94. The van der Waals surface area contributed by atoms with Crippen molar-refractivity contribution < 1.29 is 9.13 Å². The third kappa shape index (κ3) is 3.09. The second-order valence-corrected chi connectivity index (χ2v) is 4.72. The molecule has 0 saturated heterocycles. The molecular weight excluding hydrogens is 332 g/mol. The van der Waals surface area contributed by atoms with Crippen LogP contribution >= 0.6 is 22.6 Å². The van der Waals surface area contributed by atoms with Gasteiger partial charge in [-0.3, -0.25) is 0 Å². The van der Waals surface area contributed by atoms with Crippen LogP contribution < -0.4 is 10.5 Å². The minimum Gasteiger partial charge on any atom is -0.488 e. The average Bonchev–Trinajstić information content (AvgIpc) is 2.32. The molecular formula is C13H11FINO. The molecule has 0 aliphatic carbocycles. The molecule has 0 radical (unpaired) electrons. The molecule has 2 aromatic carbocycles. The van der Waals surface area contributed by atoms with Crippen LogP contribution in [0.1, 0.15) is 5.56 Å². The number of nitrogens with two attached hydrogens (primary N) is 1. The molecule has 2 rings (SSSR count). The first-order valence-corrected chi connectivity index (χ1v) is 6.16. The lowest BCUT2D eigenvalue weighted by Crippen LogP contribution is -2.01. The van der Waals surface area contributed by atoms with E-state index in [0.29, 0.717) is 11.3 Å². The minimum atomic E-state index is -0.305. The highest BCUT2D eigenvalue weighted by molar-refractivity contribution is 14.1. The van der Waals surface area contributed by atoms with Gasteiger partial charge in [0.05, 0.1) is 3.57 Å². The van der Waals surface area contributed by atoms with Crippen LogP contribution in [0.15, 0.2) is 42.5 Å². The topological polar surface area (TPSA) is 35.2 Å². The zero-order valence-electron chi connectivity index (χ0n) is 8.99. The molecule has 0 bridgehead atoms. The van der Waals surface area contributed by atoms with Crippen molar-refractivity contribution in [3.8, 4) is 5.75 Å². The van der Waals surface area contributed by atoms with Crippen molar-refractivity contribution in [3.05, 3.63) is 57.4 Å². The monoisotopic (exact) mass is 343 g/mol. The van der Waals surface area contributed by atoms with Gasteiger partial charge in [0.1, 0.15) is 18.2 Å². The summed E-state index contributed by atoms with van der Waals surface area (Å²) in [5, 5.41) is 0. The molecule has 0 saturated carbocycles. The van der Waals surface area contributed by atoms with Crippen molar-refractivity contribution in [2.24, 2.45) is 0 Å². The first kappa shape index (κ1) is 12.2. The molecule has 0 unspecified atom stereocenters. The van der Waals surface area contributed by atoms with E-state index < -0.39 is 0 Å². The molecule has 17 heavy (non-hydrogen) atoms. The second kappa shape index (κ2) is 5.35. The molecule has 0 amide bonds. The largest absolute Gasteiger partial charge is 0.488 e. The maximum absolute atomic E-state index is 13.0. The molecule has 2 N–H and O–H groups in total. The molecule has 0 aliphatic heterocycles. The van der Waals surface area contributed by atoms with Crippen LogP contribution in [0.25, 0.3) is 0 Å². The van der Waals surface area contributed by atoms with Crippen LogP contribution in [0, 0.1) is 9.39 Å². The van der Waals surface area contributed by atoms with Gasteiger partial charge >= 0.3 is 0 Å². The fraction of sp³-hybridized carbons (Fsp3) is 0.0769. The van der Waals surface area contributed by atoms with Gasteiger partial charge in [-0.1, -0.05) is 12.1 Å². The van der Waals surface area contributed by atoms with Gasteiger partial charge in [-0.25, -0.2) is 4.39 Å². The third-order valence-corrected chi connectivity index (χ3v) is 3.22. The van der Waals surface area contributed by atoms with Crippen LogP contribution in [0.3, 0.4) is 0 Å². The molecule has 4 heteroatoms. The Labute approximate surface area is 113 Å². The maximum atomic E-state index is 13.0. The van der Waals surface area contributed by atoms with Crippen LogP contribution in [0.2, 0.25) is 0 Å². The van der Waals surface area contributed by atoms with Gasteiger partial charge in [0.2, 0.25) is 0 Å². The Morgan fingerprint density at radius 1 is 1.18 bits per heavy atom. The standard InChI is InChI=1S/C13H11FINO/c14-10-5-6-12(16)9(7-10)8-17-13-4-2-1-3-11(13)15/h1-7H,8,16H2. The Kier molecular flexibility index (Phi) is 3.83. The van der Waals surface area contributed by atoms with E-state index in [4.69, 9.17) is 10.5 Å². The number of anilines is 1. The van der Waals surface area contributed by atoms with Crippen LogP contribution in [0.4, 0.5) is 10.1 Å². The summed E-state index contributed by atoms with van der Waals surface area (Å²) in [6.07, 6.45) is 0. The third-order valence-electron chi connectivity index (χ3n) is 2.32. The number of hydrogen-bond acceptors (Lipinski definition) is 2. The summed E-state index contributed by atoms with van der Waals surface area (Å²) < 4.78 is 19.7. The van der Waals surface area contributed by atoms with Crippen LogP contribution in [-0.4, -0.2) is 0 Å².